The number of imide groups is 2. The first-order valence-corrected chi connectivity index (χ1v) is 10.7. The zero-order chi connectivity index (χ0) is 24.2. The molecule has 4 amide bonds. The van der Waals surface area contributed by atoms with Crippen molar-refractivity contribution in [3.63, 3.8) is 0 Å². The Kier molecular flexibility index (Phi) is 6.45. The average Bonchev–Trinajstić information content (AvgIpc) is 2.80. The lowest BCUT2D eigenvalue weighted by molar-refractivity contribution is -0.122. The summed E-state index contributed by atoms with van der Waals surface area (Å²) in [5.74, 6) is -0.462. The lowest BCUT2D eigenvalue weighted by Gasteiger charge is -2.27. The summed E-state index contributed by atoms with van der Waals surface area (Å²) < 4.78 is 11.3. The fourth-order valence-corrected chi connectivity index (χ4v) is 3.77. The number of urea groups is 1. The van der Waals surface area contributed by atoms with Gasteiger partial charge in [0.15, 0.2) is 11.5 Å². The van der Waals surface area contributed by atoms with Gasteiger partial charge in [-0.15, -0.1) is 0 Å². The number of nitrogens with zero attached hydrogens (tertiary/aromatic N) is 1. The van der Waals surface area contributed by atoms with Crippen LogP contribution in [0.4, 0.5) is 10.5 Å². The fourth-order valence-electron chi connectivity index (χ4n) is 3.77. The van der Waals surface area contributed by atoms with E-state index in [1.165, 1.54) is 13.2 Å². The second-order valence-electron chi connectivity index (χ2n) is 7.99. The van der Waals surface area contributed by atoms with Crippen molar-refractivity contribution in [3.8, 4) is 11.5 Å². The van der Waals surface area contributed by atoms with E-state index in [1.807, 2.05) is 50.2 Å². The smallest absolute Gasteiger partial charge is 0.335 e. The number of ether oxygens (including phenoxy) is 2. The van der Waals surface area contributed by atoms with Crippen molar-refractivity contribution in [2.24, 2.45) is 0 Å². The summed E-state index contributed by atoms with van der Waals surface area (Å²) >= 11 is 0. The number of carbonyl (C=O) groups is 3. The van der Waals surface area contributed by atoms with Gasteiger partial charge in [-0.2, -0.15) is 0 Å². The molecule has 1 saturated heterocycles. The second kappa shape index (κ2) is 9.62. The number of anilines is 1. The molecular formula is C27H24N2O5. The van der Waals surface area contributed by atoms with Crippen LogP contribution in [0.25, 0.3) is 6.08 Å². The highest BCUT2D eigenvalue weighted by atomic mass is 16.5. The minimum Gasteiger partial charge on any atom is -0.493 e. The van der Waals surface area contributed by atoms with Gasteiger partial charge in [0, 0.05) is 0 Å². The van der Waals surface area contributed by atoms with Crippen molar-refractivity contribution in [2.75, 3.05) is 12.0 Å². The van der Waals surface area contributed by atoms with E-state index in [-0.39, 0.29) is 5.57 Å². The topological polar surface area (TPSA) is 84.9 Å². The number of amides is 4. The van der Waals surface area contributed by atoms with Crippen molar-refractivity contribution in [2.45, 2.75) is 20.5 Å². The molecule has 34 heavy (non-hydrogen) atoms. The van der Waals surface area contributed by atoms with E-state index < -0.39 is 17.8 Å². The summed E-state index contributed by atoms with van der Waals surface area (Å²) in [6.45, 7) is 4.07. The summed E-state index contributed by atoms with van der Waals surface area (Å²) in [6.07, 6.45) is 1.44. The molecule has 3 aromatic rings. The molecule has 172 valence electrons. The van der Waals surface area contributed by atoms with Crippen LogP contribution in [-0.4, -0.2) is 25.0 Å². The summed E-state index contributed by atoms with van der Waals surface area (Å²) in [5.41, 5.74) is 3.58. The molecule has 0 unspecified atom stereocenters. The Labute approximate surface area is 197 Å². The van der Waals surface area contributed by atoms with Gasteiger partial charge in [0.25, 0.3) is 11.8 Å². The van der Waals surface area contributed by atoms with Gasteiger partial charge in [-0.1, -0.05) is 42.5 Å². The second-order valence-corrected chi connectivity index (χ2v) is 7.99. The molecule has 0 aromatic heterocycles. The number of hydrogen-bond donors (Lipinski definition) is 1. The van der Waals surface area contributed by atoms with Gasteiger partial charge in [-0.05, 0) is 66.4 Å². The highest BCUT2D eigenvalue weighted by molar-refractivity contribution is 6.39. The van der Waals surface area contributed by atoms with Crippen molar-refractivity contribution < 1.29 is 23.9 Å². The van der Waals surface area contributed by atoms with Crippen LogP contribution in [0.2, 0.25) is 0 Å². The predicted molar refractivity (Wildman–Crippen MR) is 129 cm³/mol. The molecule has 1 heterocycles. The molecule has 0 saturated carbocycles. The third-order valence-electron chi connectivity index (χ3n) is 5.30. The van der Waals surface area contributed by atoms with E-state index in [2.05, 4.69) is 5.32 Å². The Hall–Kier alpha value is -4.39. The number of methoxy groups -OCH3 is 1. The zero-order valence-electron chi connectivity index (χ0n) is 19.1. The summed E-state index contributed by atoms with van der Waals surface area (Å²) in [7, 11) is 1.54. The van der Waals surface area contributed by atoms with Crippen LogP contribution in [0.5, 0.6) is 11.5 Å². The molecule has 1 N–H and O–H groups in total. The number of aryl methyl sites for hydroxylation is 2. The fraction of sp³-hybridized carbons (Fsp3) is 0.148. The number of rotatable bonds is 6. The highest BCUT2D eigenvalue weighted by Crippen LogP contribution is 2.31. The van der Waals surface area contributed by atoms with E-state index >= 15 is 0 Å². The molecule has 0 bridgehead atoms. The Morgan fingerprint density at radius 3 is 2.26 bits per heavy atom. The number of benzene rings is 3. The maximum Gasteiger partial charge on any atom is 0.335 e. The largest absolute Gasteiger partial charge is 0.493 e. The molecular weight excluding hydrogens is 432 g/mol. The maximum atomic E-state index is 13.2. The van der Waals surface area contributed by atoms with Gasteiger partial charge in [-0.3, -0.25) is 14.9 Å². The van der Waals surface area contributed by atoms with E-state index in [0.29, 0.717) is 29.4 Å². The van der Waals surface area contributed by atoms with Gasteiger partial charge in [0.2, 0.25) is 0 Å². The molecule has 0 spiro atoms. The number of carbonyl (C=O) groups excluding carboxylic acids is 3. The van der Waals surface area contributed by atoms with Crippen molar-refractivity contribution >= 4 is 29.6 Å². The van der Waals surface area contributed by atoms with Gasteiger partial charge in [0.05, 0.1) is 12.8 Å². The molecule has 1 fully saturated rings. The van der Waals surface area contributed by atoms with Gasteiger partial charge < -0.3 is 9.47 Å². The minimum atomic E-state index is -0.779. The molecule has 1 aliphatic heterocycles. The summed E-state index contributed by atoms with van der Waals surface area (Å²) in [5, 5.41) is 2.25. The van der Waals surface area contributed by atoms with Crippen LogP contribution in [0.1, 0.15) is 22.3 Å². The van der Waals surface area contributed by atoms with Gasteiger partial charge in [-0.25, -0.2) is 9.69 Å². The van der Waals surface area contributed by atoms with E-state index in [9.17, 15) is 14.4 Å². The molecule has 4 rings (SSSR count). The third-order valence-corrected chi connectivity index (χ3v) is 5.30. The average molecular weight is 456 g/mol. The molecule has 1 aliphatic rings. The monoisotopic (exact) mass is 456 g/mol. The van der Waals surface area contributed by atoms with E-state index in [1.54, 1.807) is 30.3 Å². The van der Waals surface area contributed by atoms with Crippen LogP contribution < -0.4 is 19.7 Å². The Morgan fingerprint density at radius 2 is 1.59 bits per heavy atom. The van der Waals surface area contributed by atoms with Crippen LogP contribution in [0.15, 0.2) is 72.3 Å². The first kappa shape index (κ1) is 22.8. The Morgan fingerprint density at radius 1 is 0.882 bits per heavy atom. The molecule has 0 atom stereocenters. The molecule has 7 nitrogen and oxygen atoms in total. The van der Waals surface area contributed by atoms with Crippen molar-refractivity contribution in [3.05, 3.63) is 94.6 Å². The van der Waals surface area contributed by atoms with Crippen LogP contribution in [-0.2, 0) is 16.2 Å². The predicted octanol–water partition coefficient (Wildman–Crippen LogP) is 4.56. The van der Waals surface area contributed by atoms with E-state index in [0.717, 1.165) is 21.6 Å². The first-order valence-electron chi connectivity index (χ1n) is 10.7. The number of nitrogens with one attached hydrogen (secondary N) is 1. The van der Waals surface area contributed by atoms with Crippen molar-refractivity contribution in [1.82, 2.24) is 5.32 Å². The van der Waals surface area contributed by atoms with Crippen molar-refractivity contribution in [1.29, 1.82) is 0 Å². The normalized spacial score (nSPS) is 14.9. The van der Waals surface area contributed by atoms with Crippen LogP contribution >= 0.6 is 0 Å². The van der Waals surface area contributed by atoms with E-state index in [4.69, 9.17) is 9.47 Å². The first-order chi connectivity index (χ1) is 16.4. The van der Waals surface area contributed by atoms with Crippen LogP contribution in [0, 0.1) is 13.8 Å². The highest BCUT2D eigenvalue weighted by Gasteiger charge is 2.37. The zero-order valence-corrected chi connectivity index (χ0v) is 19.1. The minimum absolute atomic E-state index is 0.155. The standard InChI is InChI=1S/C27H24N2O5/c1-17-11-18(2)13-21(12-17)29-26(31)22(25(30)28-27(29)32)14-20-9-10-23(33-3)24(15-20)34-16-19-7-5-4-6-8-19/h4-15H,16H2,1-3H3,(H,28,30,32). The Balaban J connectivity index is 1.65. The number of hydrogen-bond acceptors (Lipinski definition) is 5. The summed E-state index contributed by atoms with van der Waals surface area (Å²) in [4.78, 5) is 39.2. The third kappa shape index (κ3) is 4.83. The lowest BCUT2D eigenvalue weighted by atomic mass is 10.0. The van der Waals surface area contributed by atoms with Crippen LogP contribution in [0.3, 0.4) is 0 Å². The lowest BCUT2D eigenvalue weighted by Crippen LogP contribution is -2.54. The van der Waals surface area contributed by atoms with Gasteiger partial charge >= 0.3 is 6.03 Å². The molecule has 7 heteroatoms. The van der Waals surface area contributed by atoms with Gasteiger partial charge in [0.1, 0.15) is 12.2 Å². The Bertz CT molecular complexity index is 1280. The quantitative estimate of drug-likeness (QED) is 0.434. The summed E-state index contributed by atoms with van der Waals surface area (Å²) in [6, 6.07) is 19.4. The number of barbiturate groups is 1. The molecule has 3 aromatic carbocycles. The molecule has 0 aliphatic carbocycles. The maximum absolute atomic E-state index is 13.2. The SMILES string of the molecule is COc1ccc(C=C2C(=O)NC(=O)N(c3cc(C)cc(C)c3)C2=O)cc1OCc1ccccc1. The molecule has 0 radical (unpaired) electrons.